The highest BCUT2D eigenvalue weighted by Gasteiger charge is 2.40. The molecule has 0 amide bonds. The number of hydrogen-bond acceptors (Lipinski definition) is 2. The maximum Gasteiger partial charge on any atom is 0.417 e. The Morgan fingerprint density at radius 2 is 1.68 bits per heavy atom. The number of rotatable bonds is 1. The lowest BCUT2D eigenvalue weighted by atomic mass is 9.83. The van der Waals surface area contributed by atoms with Gasteiger partial charge in [-0.3, -0.25) is 0 Å². The van der Waals surface area contributed by atoms with Crippen LogP contribution in [-0.2, 0) is 10.3 Å². The highest BCUT2D eigenvalue weighted by Crippen LogP contribution is 2.54. The van der Waals surface area contributed by atoms with Gasteiger partial charge in [0, 0.05) is 4.47 Å². The summed E-state index contributed by atoms with van der Waals surface area (Å²) in [7, 11) is 0. The molecule has 0 bridgehead atoms. The molecule has 6 heteroatoms. The number of alkyl halides is 3. The molecule has 1 aromatic rings. The van der Waals surface area contributed by atoms with Gasteiger partial charge < -0.3 is 0 Å². The largest absolute Gasteiger partial charge is 0.417 e. The van der Waals surface area contributed by atoms with E-state index >= 15 is 0 Å². The fraction of sp³-hybridized carbons (Fsp3) is 0.625. The van der Waals surface area contributed by atoms with Gasteiger partial charge in [-0.2, -0.15) is 13.2 Å². The second kappa shape index (κ2) is 6.25. The Morgan fingerprint density at radius 1 is 1.14 bits per heavy atom. The van der Waals surface area contributed by atoms with Crippen molar-refractivity contribution in [3.05, 3.63) is 33.8 Å². The van der Waals surface area contributed by atoms with Crippen molar-refractivity contribution >= 4 is 39.5 Å². The Hall–Kier alpha value is 0.190. The molecule has 1 aliphatic heterocycles. The number of thioether (sulfide) groups is 2. The van der Waals surface area contributed by atoms with Crippen LogP contribution in [0.1, 0.15) is 38.8 Å². The van der Waals surface area contributed by atoms with E-state index in [1.54, 1.807) is 29.6 Å². The van der Waals surface area contributed by atoms with E-state index in [1.165, 1.54) is 12.1 Å². The van der Waals surface area contributed by atoms with Gasteiger partial charge in [-0.25, -0.2) is 0 Å². The normalized spacial score (nSPS) is 27.0. The third kappa shape index (κ3) is 3.99. The van der Waals surface area contributed by atoms with E-state index in [4.69, 9.17) is 0 Å². The minimum atomic E-state index is -4.33. The molecule has 1 fully saturated rings. The number of hydrogen-bond donors (Lipinski definition) is 0. The second-order valence-corrected chi connectivity index (χ2v) is 10.8. The zero-order valence-corrected chi connectivity index (χ0v) is 16.3. The fourth-order valence-corrected chi connectivity index (χ4v) is 6.52. The molecule has 0 atom stereocenters. The first-order valence-corrected chi connectivity index (χ1v) is 9.85. The van der Waals surface area contributed by atoms with Gasteiger partial charge in [-0.15, -0.1) is 23.5 Å². The van der Waals surface area contributed by atoms with Crippen LogP contribution in [0.2, 0.25) is 0 Å². The molecule has 1 heterocycles. The molecule has 0 saturated carbocycles. The molecule has 1 saturated heterocycles. The SMILES string of the molecule is CC1(c2ccc(Br)c(C(F)(F)F)c2)SCC(C(C)(C)C)CS1. The van der Waals surface area contributed by atoms with Crippen molar-refractivity contribution < 1.29 is 13.2 Å². The molecular weight excluding hydrogens is 393 g/mol. The smallest absolute Gasteiger partial charge is 0.166 e. The molecule has 2 rings (SSSR count). The van der Waals surface area contributed by atoms with Gasteiger partial charge in [-0.1, -0.05) is 42.8 Å². The van der Waals surface area contributed by atoms with Crippen LogP contribution < -0.4 is 0 Å². The molecule has 0 radical (unpaired) electrons. The van der Waals surface area contributed by atoms with E-state index in [9.17, 15) is 13.2 Å². The van der Waals surface area contributed by atoms with E-state index in [2.05, 4.69) is 36.7 Å². The predicted octanol–water partition coefficient (Wildman–Crippen LogP) is 6.78. The molecule has 124 valence electrons. The summed E-state index contributed by atoms with van der Waals surface area (Å²) in [4.78, 5) is 0. The Bertz CT molecular complexity index is 541. The Morgan fingerprint density at radius 3 is 2.14 bits per heavy atom. The average molecular weight is 413 g/mol. The van der Waals surface area contributed by atoms with Crippen LogP contribution >= 0.6 is 39.5 Å². The summed E-state index contributed by atoms with van der Waals surface area (Å²) in [6.07, 6.45) is -4.33. The average Bonchev–Trinajstić information content (AvgIpc) is 2.37. The molecule has 0 spiro atoms. The lowest BCUT2D eigenvalue weighted by Gasteiger charge is -2.41. The topological polar surface area (TPSA) is 0 Å². The van der Waals surface area contributed by atoms with Crippen LogP contribution in [0.25, 0.3) is 0 Å². The molecule has 22 heavy (non-hydrogen) atoms. The standard InChI is InChI=1S/C16H20BrF3S2/c1-14(2,3)11-8-21-15(4,22-9-11)10-5-6-13(17)12(7-10)16(18,19)20/h5-7,11H,8-9H2,1-4H3. The molecule has 0 aliphatic carbocycles. The summed E-state index contributed by atoms with van der Waals surface area (Å²) in [5, 5.41) is 0. The van der Waals surface area contributed by atoms with Gasteiger partial charge in [-0.05, 0) is 47.5 Å². The molecule has 0 nitrogen and oxygen atoms in total. The van der Waals surface area contributed by atoms with Gasteiger partial charge in [0.1, 0.15) is 0 Å². The molecular formula is C16H20BrF3S2. The van der Waals surface area contributed by atoms with E-state index in [-0.39, 0.29) is 14.0 Å². The highest BCUT2D eigenvalue weighted by molar-refractivity contribution is 9.10. The third-order valence-electron chi connectivity index (χ3n) is 4.14. The lowest BCUT2D eigenvalue weighted by Crippen LogP contribution is -2.32. The summed E-state index contributed by atoms with van der Waals surface area (Å²) in [6.45, 7) is 8.71. The van der Waals surface area contributed by atoms with Crippen LogP contribution in [0.15, 0.2) is 22.7 Å². The number of benzene rings is 1. The summed E-state index contributed by atoms with van der Waals surface area (Å²) in [5.74, 6) is 2.53. The summed E-state index contributed by atoms with van der Waals surface area (Å²) in [6, 6.07) is 4.61. The van der Waals surface area contributed by atoms with Crippen LogP contribution in [0.5, 0.6) is 0 Å². The van der Waals surface area contributed by atoms with Crippen molar-refractivity contribution in [3.63, 3.8) is 0 Å². The highest BCUT2D eigenvalue weighted by atomic mass is 79.9. The Balaban J connectivity index is 2.26. The monoisotopic (exact) mass is 412 g/mol. The van der Waals surface area contributed by atoms with E-state index in [1.807, 2.05) is 6.92 Å². The minimum Gasteiger partial charge on any atom is -0.166 e. The quantitative estimate of drug-likeness (QED) is 0.498. The minimum absolute atomic E-state index is 0.103. The van der Waals surface area contributed by atoms with Gasteiger partial charge in [0.15, 0.2) is 0 Å². The van der Waals surface area contributed by atoms with Crippen LogP contribution in [0.4, 0.5) is 13.2 Å². The maximum absolute atomic E-state index is 13.1. The van der Waals surface area contributed by atoms with Crippen molar-refractivity contribution in [2.24, 2.45) is 11.3 Å². The summed E-state index contributed by atoms with van der Waals surface area (Å²) < 4.78 is 39.1. The van der Waals surface area contributed by atoms with Gasteiger partial charge in [0.05, 0.1) is 9.64 Å². The van der Waals surface area contributed by atoms with Crippen LogP contribution in [-0.4, -0.2) is 11.5 Å². The summed E-state index contributed by atoms with van der Waals surface area (Å²) >= 11 is 6.53. The Labute approximate surface area is 147 Å². The predicted molar refractivity (Wildman–Crippen MR) is 94.4 cm³/mol. The second-order valence-electron chi connectivity index (χ2n) is 6.82. The molecule has 0 aromatic heterocycles. The van der Waals surface area contributed by atoms with Crippen molar-refractivity contribution in [1.29, 1.82) is 0 Å². The zero-order chi connectivity index (χ0) is 16.8. The third-order valence-corrected chi connectivity index (χ3v) is 8.25. The fourth-order valence-electron chi connectivity index (χ4n) is 2.30. The molecule has 0 N–H and O–H groups in total. The van der Waals surface area contributed by atoms with Crippen LogP contribution in [0, 0.1) is 11.3 Å². The van der Waals surface area contributed by atoms with Gasteiger partial charge in [0.2, 0.25) is 0 Å². The van der Waals surface area contributed by atoms with Crippen molar-refractivity contribution in [2.75, 3.05) is 11.5 Å². The van der Waals surface area contributed by atoms with Gasteiger partial charge in [0.25, 0.3) is 0 Å². The summed E-state index contributed by atoms with van der Waals surface area (Å²) in [5.41, 5.74) is 0.383. The first-order chi connectivity index (χ1) is 9.93. The lowest BCUT2D eigenvalue weighted by molar-refractivity contribution is -0.138. The number of halogens is 4. The Kier molecular flexibility index (Phi) is 5.26. The van der Waals surface area contributed by atoms with Gasteiger partial charge >= 0.3 is 6.18 Å². The van der Waals surface area contributed by atoms with Crippen molar-refractivity contribution in [3.8, 4) is 0 Å². The first kappa shape index (κ1) is 18.5. The molecule has 0 unspecified atom stereocenters. The van der Waals surface area contributed by atoms with E-state index in [0.717, 1.165) is 17.1 Å². The van der Waals surface area contributed by atoms with Crippen LogP contribution in [0.3, 0.4) is 0 Å². The van der Waals surface area contributed by atoms with E-state index in [0.29, 0.717) is 5.92 Å². The maximum atomic E-state index is 13.1. The zero-order valence-electron chi connectivity index (χ0n) is 13.1. The molecule has 1 aliphatic rings. The first-order valence-electron chi connectivity index (χ1n) is 7.08. The van der Waals surface area contributed by atoms with Crippen molar-refractivity contribution in [2.45, 2.75) is 38.0 Å². The van der Waals surface area contributed by atoms with Crippen molar-refractivity contribution in [1.82, 2.24) is 0 Å². The van der Waals surface area contributed by atoms with E-state index < -0.39 is 11.7 Å². The molecule has 1 aromatic carbocycles.